The second kappa shape index (κ2) is 7.54. The minimum Gasteiger partial charge on any atom is -0.459 e. The summed E-state index contributed by atoms with van der Waals surface area (Å²) in [5, 5.41) is 9.65. The SMILES string of the molecule is CC(C)c1ccc(C(C#N)N2CCN(C(=O)c3ccco3)CC2)cc1. The van der Waals surface area contributed by atoms with Crippen LogP contribution in [0.1, 0.15) is 47.5 Å². The summed E-state index contributed by atoms with van der Waals surface area (Å²) in [6, 6.07) is 13.8. The summed E-state index contributed by atoms with van der Waals surface area (Å²) in [4.78, 5) is 16.2. The first kappa shape index (κ1) is 17.2. The lowest BCUT2D eigenvalue weighted by molar-refractivity contribution is 0.0576. The minimum absolute atomic E-state index is 0.0838. The van der Waals surface area contributed by atoms with E-state index in [1.165, 1.54) is 11.8 Å². The van der Waals surface area contributed by atoms with Crippen LogP contribution in [0.5, 0.6) is 0 Å². The zero-order valence-electron chi connectivity index (χ0n) is 14.7. The smallest absolute Gasteiger partial charge is 0.289 e. The quantitative estimate of drug-likeness (QED) is 0.857. The summed E-state index contributed by atoms with van der Waals surface area (Å²) in [6.07, 6.45) is 1.51. The summed E-state index contributed by atoms with van der Waals surface area (Å²) >= 11 is 0. The number of carbonyl (C=O) groups excluding carboxylic acids is 1. The molecule has 130 valence electrons. The maximum atomic E-state index is 12.3. The van der Waals surface area contributed by atoms with Gasteiger partial charge in [-0.1, -0.05) is 38.1 Å². The van der Waals surface area contributed by atoms with Gasteiger partial charge in [0.15, 0.2) is 5.76 Å². The maximum Gasteiger partial charge on any atom is 0.289 e. The topological polar surface area (TPSA) is 60.5 Å². The Morgan fingerprint density at radius 1 is 1.08 bits per heavy atom. The van der Waals surface area contributed by atoms with Gasteiger partial charge in [-0.3, -0.25) is 9.69 Å². The number of rotatable bonds is 4. The molecule has 1 aliphatic heterocycles. The lowest BCUT2D eigenvalue weighted by Crippen LogP contribution is -2.49. The molecule has 5 nitrogen and oxygen atoms in total. The molecule has 1 aromatic heterocycles. The van der Waals surface area contributed by atoms with Gasteiger partial charge in [-0.2, -0.15) is 5.26 Å². The summed E-state index contributed by atoms with van der Waals surface area (Å²) < 4.78 is 5.19. The first-order valence-corrected chi connectivity index (χ1v) is 8.66. The van der Waals surface area contributed by atoms with Crippen LogP contribution in [0.2, 0.25) is 0 Å². The van der Waals surface area contributed by atoms with Crippen molar-refractivity contribution in [3.63, 3.8) is 0 Å². The molecule has 0 N–H and O–H groups in total. The monoisotopic (exact) mass is 337 g/mol. The van der Waals surface area contributed by atoms with Gasteiger partial charge in [-0.05, 0) is 29.2 Å². The molecule has 5 heteroatoms. The maximum absolute atomic E-state index is 12.3. The summed E-state index contributed by atoms with van der Waals surface area (Å²) in [5.41, 5.74) is 2.28. The Kier molecular flexibility index (Phi) is 5.20. The second-order valence-corrected chi connectivity index (χ2v) is 6.66. The number of hydrogen-bond acceptors (Lipinski definition) is 4. The molecule has 1 fully saturated rings. The molecule has 1 aliphatic rings. The van der Waals surface area contributed by atoms with Crippen molar-refractivity contribution in [2.45, 2.75) is 25.8 Å². The zero-order chi connectivity index (χ0) is 17.8. The molecule has 1 amide bonds. The highest BCUT2D eigenvalue weighted by Crippen LogP contribution is 2.24. The van der Waals surface area contributed by atoms with E-state index in [4.69, 9.17) is 4.42 Å². The Balaban J connectivity index is 1.64. The van der Waals surface area contributed by atoms with Crippen LogP contribution >= 0.6 is 0 Å². The van der Waals surface area contributed by atoms with E-state index in [-0.39, 0.29) is 11.9 Å². The lowest BCUT2D eigenvalue weighted by Gasteiger charge is -2.36. The predicted octanol–water partition coefficient (Wildman–Crippen LogP) is 3.43. The number of benzene rings is 1. The van der Waals surface area contributed by atoms with E-state index in [1.807, 2.05) is 12.1 Å². The van der Waals surface area contributed by atoms with E-state index in [1.54, 1.807) is 17.0 Å². The molecule has 0 bridgehead atoms. The Morgan fingerprint density at radius 3 is 2.24 bits per heavy atom. The van der Waals surface area contributed by atoms with Gasteiger partial charge in [0.2, 0.25) is 0 Å². The van der Waals surface area contributed by atoms with Crippen molar-refractivity contribution >= 4 is 5.91 Å². The molecule has 2 heterocycles. The van der Waals surface area contributed by atoms with Crippen LogP contribution in [0, 0.1) is 11.3 Å². The highest BCUT2D eigenvalue weighted by molar-refractivity contribution is 5.91. The number of carbonyl (C=O) groups is 1. The Morgan fingerprint density at radius 2 is 1.72 bits per heavy atom. The first-order chi connectivity index (χ1) is 12.1. The van der Waals surface area contributed by atoms with Gasteiger partial charge in [-0.25, -0.2) is 0 Å². The van der Waals surface area contributed by atoms with Gasteiger partial charge in [0, 0.05) is 26.2 Å². The third-order valence-corrected chi connectivity index (χ3v) is 4.74. The fourth-order valence-electron chi connectivity index (χ4n) is 3.17. The summed E-state index contributed by atoms with van der Waals surface area (Å²) in [6.45, 7) is 6.87. The number of piperazine rings is 1. The van der Waals surface area contributed by atoms with Gasteiger partial charge in [0.1, 0.15) is 6.04 Å². The Hall–Kier alpha value is -2.58. The van der Waals surface area contributed by atoms with Crippen molar-refractivity contribution in [3.8, 4) is 6.07 Å². The Labute approximate surface area is 148 Å². The summed E-state index contributed by atoms with van der Waals surface area (Å²) in [7, 11) is 0. The largest absolute Gasteiger partial charge is 0.459 e. The molecule has 3 rings (SSSR count). The fourth-order valence-corrected chi connectivity index (χ4v) is 3.17. The van der Waals surface area contributed by atoms with E-state index in [2.05, 4.69) is 36.9 Å². The van der Waals surface area contributed by atoms with Crippen molar-refractivity contribution in [1.82, 2.24) is 9.80 Å². The number of furan rings is 1. The predicted molar refractivity (Wildman–Crippen MR) is 95.1 cm³/mol. The third-order valence-electron chi connectivity index (χ3n) is 4.74. The molecule has 1 aromatic carbocycles. The molecular formula is C20H23N3O2. The molecule has 25 heavy (non-hydrogen) atoms. The van der Waals surface area contributed by atoms with Crippen molar-refractivity contribution in [2.24, 2.45) is 0 Å². The van der Waals surface area contributed by atoms with Crippen LogP contribution in [0.4, 0.5) is 0 Å². The van der Waals surface area contributed by atoms with E-state index in [0.717, 1.165) is 5.56 Å². The van der Waals surface area contributed by atoms with E-state index >= 15 is 0 Å². The van der Waals surface area contributed by atoms with Crippen molar-refractivity contribution in [1.29, 1.82) is 5.26 Å². The number of hydrogen-bond donors (Lipinski definition) is 0. The van der Waals surface area contributed by atoms with Crippen LogP contribution in [0.15, 0.2) is 47.1 Å². The molecule has 1 saturated heterocycles. The van der Waals surface area contributed by atoms with Gasteiger partial charge >= 0.3 is 0 Å². The molecule has 2 aromatic rings. The van der Waals surface area contributed by atoms with E-state index in [9.17, 15) is 10.1 Å². The summed E-state index contributed by atoms with van der Waals surface area (Å²) in [5.74, 6) is 0.764. The normalized spacial score (nSPS) is 16.6. The van der Waals surface area contributed by atoms with Crippen LogP contribution in [0.25, 0.3) is 0 Å². The van der Waals surface area contributed by atoms with Gasteiger partial charge in [0.05, 0.1) is 12.3 Å². The molecule has 0 saturated carbocycles. The van der Waals surface area contributed by atoms with Crippen molar-refractivity contribution in [2.75, 3.05) is 26.2 Å². The molecular weight excluding hydrogens is 314 g/mol. The van der Waals surface area contributed by atoms with Gasteiger partial charge < -0.3 is 9.32 Å². The highest BCUT2D eigenvalue weighted by atomic mass is 16.3. The average Bonchev–Trinajstić information content (AvgIpc) is 3.17. The van der Waals surface area contributed by atoms with Gasteiger partial charge in [0.25, 0.3) is 5.91 Å². The lowest BCUT2D eigenvalue weighted by atomic mass is 9.98. The van der Waals surface area contributed by atoms with Crippen LogP contribution < -0.4 is 0 Å². The number of nitrogens with zero attached hydrogens (tertiary/aromatic N) is 3. The standard InChI is InChI=1S/C20H23N3O2/c1-15(2)16-5-7-17(8-6-16)18(14-21)22-9-11-23(12-10-22)20(24)19-4-3-13-25-19/h3-8,13,15,18H,9-12H2,1-2H3. The van der Waals surface area contributed by atoms with Crippen molar-refractivity contribution < 1.29 is 9.21 Å². The molecule has 0 spiro atoms. The number of amides is 1. The minimum atomic E-state index is -0.276. The molecule has 1 atom stereocenters. The van der Waals surface area contributed by atoms with Crippen LogP contribution in [-0.2, 0) is 0 Å². The van der Waals surface area contributed by atoms with Crippen LogP contribution in [0.3, 0.4) is 0 Å². The third kappa shape index (κ3) is 3.75. The number of nitriles is 1. The fraction of sp³-hybridized carbons (Fsp3) is 0.400. The van der Waals surface area contributed by atoms with E-state index < -0.39 is 0 Å². The Bertz CT molecular complexity index is 736. The first-order valence-electron chi connectivity index (χ1n) is 8.66. The zero-order valence-corrected chi connectivity index (χ0v) is 14.7. The second-order valence-electron chi connectivity index (χ2n) is 6.66. The molecule has 1 unspecified atom stereocenters. The van der Waals surface area contributed by atoms with E-state index in [0.29, 0.717) is 37.9 Å². The molecule has 0 radical (unpaired) electrons. The van der Waals surface area contributed by atoms with Gasteiger partial charge in [-0.15, -0.1) is 0 Å². The van der Waals surface area contributed by atoms with Crippen LogP contribution in [-0.4, -0.2) is 41.9 Å². The highest BCUT2D eigenvalue weighted by Gasteiger charge is 2.28. The van der Waals surface area contributed by atoms with Crippen molar-refractivity contribution in [3.05, 3.63) is 59.5 Å². The molecule has 0 aliphatic carbocycles. The average molecular weight is 337 g/mol.